The Kier molecular flexibility index (Phi) is 3.43. The van der Waals surface area contributed by atoms with Gasteiger partial charge in [0.15, 0.2) is 0 Å². The zero-order chi connectivity index (χ0) is 14.4. The average molecular weight is 298 g/mol. The monoisotopic (exact) mass is 298 g/mol. The maximum atomic E-state index is 12.5. The zero-order valence-corrected chi connectivity index (χ0v) is 11.1. The number of fused-ring (bicyclic) bond motifs is 2. The molecule has 1 aromatic rings. The van der Waals surface area contributed by atoms with Crippen molar-refractivity contribution < 1.29 is 25.2 Å². The van der Waals surface area contributed by atoms with Crippen LogP contribution in [0.3, 0.4) is 0 Å². The van der Waals surface area contributed by atoms with Gasteiger partial charge in [0.25, 0.3) is 5.91 Å². The summed E-state index contributed by atoms with van der Waals surface area (Å²) in [5.41, 5.74) is 0.364. The molecule has 0 unspecified atom stereocenters. The molecule has 4 N–H and O–H groups in total. The smallest absolute Gasteiger partial charge is 0.258 e. The van der Waals surface area contributed by atoms with Gasteiger partial charge in [0.1, 0.15) is 28.7 Å². The number of hydrogen-bond donors (Lipinski definition) is 4. The molecule has 0 aliphatic carbocycles. The summed E-state index contributed by atoms with van der Waals surface area (Å²) in [5.74, 6) is -0.416. The van der Waals surface area contributed by atoms with Gasteiger partial charge in [0, 0.05) is 6.20 Å². The highest BCUT2D eigenvalue weighted by molar-refractivity contribution is 8.00. The minimum atomic E-state index is -1.42. The molecule has 1 amide bonds. The predicted molar refractivity (Wildman–Crippen MR) is 68.9 cm³/mol. The lowest BCUT2D eigenvalue weighted by Crippen LogP contribution is -2.68. The Balaban J connectivity index is 2.06. The van der Waals surface area contributed by atoms with E-state index in [0.29, 0.717) is 10.6 Å². The Morgan fingerprint density at radius 2 is 2.00 bits per heavy atom. The van der Waals surface area contributed by atoms with Crippen LogP contribution in [0.1, 0.15) is 10.4 Å². The number of aliphatic hydroxyl groups is 4. The van der Waals surface area contributed by atoms with Gasteiger partial charge in [0.2, 0.25) is 0 Å². The topological polar surface area (TPSA) is 114 Å². The Morgan fingerprint density at radius 3 is 2.70 bits per heavy atom. The molecule has 0 bridgehead atoms. The lowest BCUT2D eigenvalue weighted by Gasteiger charge is -2.49. The zero-order valence-electron chi connectivity index (χ0n) is 10.3. The van der Waals surface area contributed by atoms with Gasteiger partial charge in [0.05, 0.1) is 18.2 Å². The summed E-state index contributed by atoms with van der Waals surface area (Å²) in [5, 5.41) is 38.9. The number of rotatable bonds is 1. The summed E-state index contributed by atoms with van der Waals surface area (Å²) < 4.78 is 0. The number of thioether (sulfide) groups is 1. The number of carbonyl (C=O) groups excluding carboxylic acids is 1. The molecule has 1 fully saturated rings. The standard InChI is InChI=1S/C12H14N2O5S/c15-4-6-7(16)8(17)9(18)12-14(6)11(19)5-2-1-3-13-10(5)20-12/h1-3,6-9,12,15-18H,4H2/t6-,7-,8+,9+,12-/m1/s1. The highest BCUT2D eigenvalue weighted by Gasteiger charge is 2.52. The molecule has 5 atom stereocenters. The maximum Gasteiger partial charge on any atom is 0.258 e. The normalized spacial score (nSPS) is 36.5. The first-order valence-corrected chi connectivity index (χ1v) is 7.03. The predicted octanol–water partition coefficient (Wildman–Crippen LogP) is -1.59. The van der Waals surface area contributed by atoms with Crippen molar-refractivity contribution in [3.05, 3.63) is 23.9 Å². The molecule has 2 aliphatic heterocycles. The first kappa shape index (κ1) is 13.8. The molecule has 0 aromatic carbocycles. The lowest BCUT2D eigenvalue weighted by molar-refractivity contribution is -0.142. The second-order valence-electron chi connectivity index (χ2n) is 4.80. The molecule has 108 valence electrons. The van der Waals surface area contributed by atoms with E-state index in [1.165, 1.54) is 4.90 Å². The second kappa shape index (κ2) is 4.97. The number of nitrogens with zero attached hydrogens (tertiary/aromatic N) is 2. The molecular formula is C12H14N2O5S. The fourth-order valence-corrected chi connectivity index (χ4v) is 3.90. The van der Waals surface area contributed by atoms with Crippen molar-refractivity contribution in [1.29, 1.82) is 0 Å². The molecule has 8 heteroatoms. The molecule has 0 radical (unpaired) electrons. The summed E-state index contributed by atoms with van der Waals surface area (Å²) >= 11 is 1.14. The van der Waals surface area contributed by atoms with Gasteiger partial charge in [-0.1, -0.05) is 11.8 Å². The van der Waals surface area contributed by atoms with Crippen LogP contribution in [0.5, 0.6) is 0 Å². The minimum Gasteiger partial charge on any atom is -0.394 e. The van der Waals surface area contributed by atoms with Crippen LogP contribution >= 0.6 is 11.8 Å². The van der Waals surface area contributed by atoms with Crippen molar-refractivity contribution in [1.82, 2.24) is 9.88 Å². The number of carbonyl (C=O) groups is 1. The van der Waals surface area contributed by atoms with Crippen molar-refractivity contribution in [2.75, 3.05) is 6.61 Å². The van der Waals surface area contributed by atoms with Crippen LogP contribution in [-0.4, -0.2) is 72.6 Å². The fraction of sp³-hybridized carbons (Fsp3) is 0.500. The SMILES string of the molecule is O=C1c2cccnc2S[C@@H]2[C@@H](O)[C@@H](O)[C@H](O)[C@@H](CO)N12. The van der Waals surface area contributed by atoms with Crippen LogP contribution in [0.25, 0.3) is 0 Å². The van der Waals surface area contributed by atoms with Gasteiger partial charge in [-0.3, -0.25) is 4.79 Å². The number of hydrogen-bond acceptors (Lipinski definition) is 7. The molecule has 20 heavy (non-hydrogen) atoms. The van der Waals surface area contributed by atoms with Crippen molar-refractivity contribution in [2.45, 2.75) is 34.8 Å². The summed E-state index contributed by atoms with van der Waals surface area (Å²) in [6.07, 6.45) is -2.58. The van der Waals surface area contributed by atoms with Crippen LogP contribution in [0.2, 0.25) is 0 Å². The Hall–Kier alpha value is -1.19. The molecular weight excluding hydrogens is 284 g/mol. The van der Waals surface area contributed by atoms with Crippen LogP contribution in [-0.2, 0) is 0 Å². The van der Waals surface area contributed by atoms with E-state index >= 15 is 0 Å². The van der Waals surface area contributed by atoms with Gasteiger partial charge >= 0.3 is 0 Å². The fourth-order valence-electron chi connectivity index (χ4n) is 2.61. The van der Waals surface area contributed by atoms with Gasteiger partial charge < -0.3 is 25.3 Å². The number of aromatic nitrogens is 1. The summed E-state index contributed by atoms with van der Waals surface area (Å²) in [7, 11) is 0. The largest absolute Gasteiger partial charge is 0.394 e. The Bertz CT molecular complexity index is 542. The first-order valence-electron chi connectivity index (χ1n) is 6.15. The van der Waals surface area contributed by atoms with Crippen LogP contribution < -0.4 is 0 Å². The van der Waals surface area contributed by atoms with Gasteiger partial charge in [-0.05, 0) is 12.1 Å². The molecule has 0 saturated carbocycles. The minimum absolute atomic E-state index is 0.364. The van der Waals surface area contributed by atoms with E-state index in [9.17, 15) is 25.2 Å². The quantitative estimate of drug-likeness (QED) is 0.494. The highest BCUT2D eigenvalue weighted by Crippen LogP contribution is 2.41. The third-order valence-electron chi connectivity index (χ3n) is 3.67. The molecule has 0 spiro atoms. The van der Waals surface area contributed by atoms with Gasteiger partial charge in [-0.15, -0.1) is 0 Å². The van der Waals surface area contributed by atoms with Crippen molar-refractivity contribution in [3.8, 4) is 0 Å². The average Bonchev–Trinajstić information content (AvgIpc) is 2.47. The molecule has 3 rings (SSSR count). The van der Waals surface area contributed by atoms with Crippen molar-refractivity contribution >= 4 is 17.7 Å². The number of aliphatic hydroxyl groups excluding tert-OH is 4. The maximum absolute atomic E-state index is 12.5. The van der Waals surface area contributed by atoms with E-state index in [1.54, 1.807) is 18.3 Å². The molecule has 3 heterocycles. The molecule has 1 saturated heterocycles. The number of pyridine rings is 1. The Labute approximate surface area is 118 Å². The van der Waals surface area contributed by atoms with E-state index in [0.717, 1.165) is 11.8 Å². The van der Waals surface area contributed by atoms with Gasteiger partial charge in [-0.25, -0.2) is 4.98 Å². The van der Waals surface area contributed by atoms with E-state index < -0.39 is 42.2 Å². The highest BCUT2D eigenvalue weighted by atomic mass is 32.2. The molecule has 2 aliphatic rings. The number of amides is 1. The second-order valence-corrected chi connectivity index (χ2v) is 5.90. The first-order chi connectivity index (χ1) is 9.56. The third-order valence-corrected chi connectivity index (χ3v) is 4.97. The van der Waals surface area contributed by atoms with Crippen molar-refractivity contribution in [3.63, 3.8) is 0 Å². The Morgan fingerprint density at radius 1 is 1.25 bits per heavy atom. The van der Waals surface area contributed by atoms with Crippen LogP contribution in [0.4, 0.5) is 0 Å². The van der Waals surface area contributed by atoms with E-state index in [-0.39, 0.29) is 0 Å². The lowest BCUT2D eigenvalue weighted by atomic mass is 9.93. The van der Waals surface area contributed by atoms with E-state index in [4.69, 9.17) is 0 Å². The summed E-state index contributed by atoms with van der Waals surface area (Å²) in [4.78, 5) is 17.8. The van der Waals surface area contributed by atoms with E-state index in [2.05, 4.69) is 4.98 Å². The van der Waals surface area contributed by atoms with Crippen molar-refractivity contribution in [2.24, 2.45) is 0 Å². The molecule has 1 aromatic heterocycles. The third kappa shape index (κ3) is 1.84. The van der Waals surface area contributed by atoms with E-state index in [1.807, 2.05) is 0 Å². The van der Waals surface area contributed by atoms with Crippen LogP contribution in [0.15, 0.2) is 23.4 Å². The van der Waals surface area contributed by atoms with Crippen LogP contribution in [0, 0.1) is 0 Å². The molecule has 7 nitrogen and oxygen atoms in total. The number of piperidine rings is 1. The summed E-state index contributed by atoms with van der Waals surface area (Å²) in [6.45, 7) is -0.497. The summed E-state index contributed by atoms with van der Waals surface area (Å²) in [6, 6.07) is 2.27. The van der Waals surface area contributed by atoms with Gasteiger partial charge in [-0.2, -0.15) is 0 Å².